The first kappa shape index (κ1) is 16.1. The van der Waals surface area contributed by atoms with Gasteiger partial charge in [0, 0.05) is 25.2 Å². The molecule has 1 aromatic rings. The first-order valence-corrected chi connectivity index (χ1v) is 7.65. The van der Waals surface area contributed by atoms with E-state index in [0.717, 1.165) is 30.8 Å². The van der Waals surface area contributed by atoms with Crippen LogP contribution in [0.25, 0.3) is 0 Å². The van der Waals surface area contributed by atoms with Crippen LogP contribution in [0.4, 0.5) is 13.2 Å². The summed E-state index contributed by atoms with van der Waals surface area (Å²) >= 11 is 0. The van der Waals surface area contributed by atoms with Crippen LogP contribution in [-0.4, -0.2) is 29.9 Å². The zero-order valence-electron chi connectivity index (χ0n) is 12.8. The highest BCUT2D eigenvalue weighted by Gasteiger charge is 2.56. The fourth-order valence-corrected chi connectivity index (χ4v) is 3.47. The van der Waals surface area contributed by atoms with Gasteiger partial charge in [-0.3, -0.25) is 9.69 Å². The zero-order valence-corrected chi connectivity index (χ0v) is 12.8. The van der Waals surface area contributed by atoms with E-state index in [9.17, 15) is 18.0 Å². The van der Waals surface area contributed by atoms with E-state index in [0.29, 0.717) is 11.8 Å². The maximum Gasteiger partial charge on any atom is 0.416 e. The fraction of sp³-hybridized carbons (Fsp3) is 0.471. The van der Waals surface area contributed by atoms with Gasteiger partial charge in [0.25, 0.3) is 0 Å². The maximum atomic E-state index is 12.6. The summed E-state index contributed by atoms with van der Waals surface area (Å²) in [5.74, 6) is 0.735. The van der Waals surface area contributed by atoms with Crippen molar-refractivity contribution in [2.45, 2.75) is 25.2 Å². The summed E-state index contributed by atoms with van der Waals surface area (Å²) in [6.45, 7) is 7.16. The number of piperidine rings is 1. The molecule has 3 rings (SSSR count). The van der Waals surface area contributed by atoms with Gasteiger partial charge >= 0.3 is 6.18 Å². The normalized spacial score (nSPS) is 28.1. The van der Waals surface area contributed by atoms with Crippen LogP contribution in [0, 0.1) is 11.8 Å². The monoisotopic (exact) mass is 324 g/mol. The summed E-state index contributed by atoms with van der Waals surface area (Å²) in [5.41, 5.74) is 0.260. The standard InChI is InChI=1S/C17H19F3N2O/c1-3-15(23)21-16-13-8-22(9-14(13)16)10(2)11-4-6-12(7-5-11)17(18,19)20/h3-7,10,13-14,16H,1,8-9H2,2H3,(H,21,23)/t10-,13-,14+,16?/m1/s1. The van der Waals surface area contributed by atoms with Crippen LogP contribution in [0.5, 0.6) is 0 Å². The summed E-state index contributed by atoms with van der Waals surface area (Å²) in [6, 6.07) is 5.66. The second-order valence-electron chi connectivity index (χ2n) is 6.32. The Hall–Kier alpha value is -1.82. The SMILES string of the molecule is C=CC(=O)NC1[C@H]2CN([C@H](C)c3ccc(C(F)(F)F)cc3)C[C@@H]12. The number of carbonyl (C=O) groups excluding carboxylic acids is 1. The van der Waals surface area contributed by atoms with E-state index in [2.05, 4.69) is 16.8 Å². The number of benzene rings is 1. The first-order chi connectivity index (χ1) is 10.8. The van der Waals surface area contributed by atoms with Crippen molar-refractivity contribution in [3.63, 3.8) is 0 Å². The van der Waals surface area contributed by atoms with Gasteiger partial charge in [-0.1, -0.05) is 18.7 Å². The minimum atomic E-state index is -4.30. The van der Waals surface area contributed by atoms with Crippen LogP contribution in [0.2, 0.25) is 0 Å². The molecular formula is C17H19F3N2O. The Morgan fingerprint density at radius 3 is 2.35 bits per heavy atom. The summed E-state index contributed by atoms with van der Waals surface area (Å²) in [6.07, 6.45) is -3.02. The number of hydrogen-bond acceptors (Lipinski definition) is 2. The molecule has 0 bridgehead atoms. The molecule has 6 heteroatoms. The average molecular weight is 324 g/mol. The molecule has 4 atom stereocenters. The van der Waals surface area contributed by atoms with E-state index in [1.165, 1.54) is 6.08 Å². The van der Waals surface area contributed by atoms with Gasteiger partial charge in [-0.2, -0.15) is 13.2 Å². The molecule has 1 N–H and O–H groups in total. The van der Waals surface area contributed by atoms with Gasteiger partial charge in [0.1, 0.15) is 0 Å². The smallest absolute Gasteiger partial charge is 0.349 e. The Kier molecular flexibility index (Phi) is 3.96. The van der Waals surface area contributed by atoms with Crippen molar-refractivity contribution < 1.29 is 18.0 Å². The zero-order chi connectivity index (χ0) is 16.8. The van der Waals surface area contributed by atoms with Gasteiger partial charge in [-0.15, -0.1) is 0 Å². The van der Waals surface area contributed by atoms with Crippen molar-refractivity contribution in [1.29, 1.82) is 0 Å². The van der Waals surface area contributed by atoms with Crippen LogP contribution in [0.15, 0.2) is 36.9 Å². The number of carbonyl (C=O) groups is 1. The van der Waals surface area contributed by atoms with Crippen LogP contribution in [0.1, 0.15) is 24.1 Å². The van der Waals surface area contributed by atoms with E-state index in [4.69, 9.17) is 0 Å². The van der Waals surface area contributed by atoms with Gasteiger partial charge in [-0.25, -0.2) is 0 Å². The van der Waals surface area contributed by atoms with Crippen molar-refractivity contribution in [3.05, 3.63) is 48.0 Å². The third-order valence-corrected chi connectivity index (χ3v) is 4.98. The predicted octanol–water partition coefficient (Wildman–Crippen LogP) is 3.00. The molecule has 1 saturated carbocycles. The molecule has 1 unspecified atom stereocenters. The minimum Gasteiger partial charge on any atom is -0.349 e. The van der Waals surface area contributed by atoms with Crippen molar-refractivity contribution in [3.8, 4) is 0 Å². The number of nitrogens with zero attached hydrogens (tertiary/aromatic N) is 1. The first-order valence-electron chi connectivity index (χ1n) is 7.65. The summed E-state index contributed by atoms with van der Waals surface area (Å²) < 4.78 is 37.8. The second-order valence-corrected chi connectivity index (χ2v) is 6.32. The Labute approximate surface area is 133 Å². The number of fused-ring (bicyclic) bond motifs is 1. The number of hydrogen-bond donors (Lipinski definition) is 1. The molecule has 1 aliphatic carbocycles. The highest BCUT2D eigenvalue weighted by molar-refractivity contribution is 5.87. The molecular weight excluding hydrogens is 305 g/mol. The molecule has 124 valence electrons. The van der Waals surface area contributed by atoms with E-state index in [1.54, 1.807) is 12.1 Å². The molecule has 0 spiro atoms. The third-order valence-electron chi connectivity index (χ3n) is 4.98. The molecule has 0 aromatic heterocycles. The van der Waals surface area contributed by atoms with Crippen molar-refractivity contribution in [2.24, 2.45) is 11.8 Å². The summed E-state index contributed by atoms with van der Waals surface area (Å²) in [7, 11) is 0. The molecule has 23 heavy (non-hydrogen) atoms. The Morgan fingerprint density at radius 1 is 1.30 bits per heavy atom. The van der Waals surface area contributed by atoms with Crippen molar-refractivity contribution in [1.82, 2.24) is 10.2 Å². The van der Waals surface area contributed by atoms with Gasteiger partial charge in [0.15, 0.2) is 0 Å². The summed E-state index contributed by atoms with van der Waals surface area (Å²) in [4.78, 5) is 13.6. The third kappa shape index (κ3) is 3.13. The van der Waals surface area contributed by atoms with Crippen molar-refractivity contribution in [2.75, 3.05) is 13.1 Å². The van der Waals surface area contributed by atoms with E-state index >= 15 is 0 Å². The highest BCUT2D eigenvalue weighted by Crippen LogP contribution is 2.47. The quantitative estimate of drug-likeness (QED) is 0.864. The largest absolute Gasteiger partial charge is 0.416 e. The lowest BCUT2D eigenvalue weighted by molar-refractivity contribution is -0.137. The van der Waals surface area contributed by atoms with Gasteiger partial charge < -0.3 is 5.32 Å². The number of alkyl halides is 3. The topological polar surface area (TPSA) is 32.3 Å². The number of likely N-dealkylation sites (tertiary alicyclic amines) is 1. The number of halogens is 3. The molecule has 1 saturated heterocycles. The molecule has 1 amide bonds. The van der Waals surface area contributed by atoms with E-state index in [1.807, 2.05) is 6.92 Å². The van der Waals surface area contributed by atoms with Crippen LogP contribution in [0.3, 0.4) is 0 Å². The lowest BCUT2D eigenvalue weighted by Gasteiger charge is -2.27. The molecule has 2 aliphatic rings. The second kappa shape index (κ2) is 5.67. The van der Waals surface area contributed by atoms with Crippen LogP contribution < -0.4 is 5.32 Å². The Balaban J connectivity index is 1.58. The lowest BCUT2D eigenvalue weighted by atomic mass is 10.0. The average Bonchev–Trinajstić information content (AvgIpc) is 2.96. The van der Waals surface area contributed by atoms with E-state index in [-0.39, 0.29) is 18.0 Å². The molecule has 2 fully saturated rings. The van der Waals surface area contributed by atoms with Crippen LogP contribution >= 0.6 is 0 Å². The number of rotatable bonds is 4. The Bertz CT molecular complexity index is 599. The Morgan fingerprint density at radius 2 is 1.87 bits per heavy atom. The molecule has 1 aromatic carbocycles. The molecule has 0 radical (unpaired) electrons. The molecule has 1 aliphatic heterocycles. The van der Waals surface area contributed by atoms with Crippen LogP contribution in [-0.2, 0) is 11.0 Å². The lowest BCUT2D eigenvalue weighted by Crippen LogP contribution is -2.35. The minimum absolute atomic E-state index is 0.0702. The summed E-state index contributed by atoms with van der Waals surface area (Å²) in [5, 5.41) is 2.92. The highest BCUT2D eigenvalue weighted by atomic mass is 19.4. The molecule has 3 nitrogen and oxygen atoms in total. The number of amides is 1. The number of nitrogens with one attached hydrogen (secondary N) is 1. The van der Waals surface area contributed by atoms with Crippen molar-refractivity contribution >= 4 is 5.91 Å². The molecule has 1 heterocycles. The van der Waals surface area contributed by atoms with E-state index < -0.39 is 11.7 Å². The maximum absolute atomic E-state index is 12.6. The van der Waals surface area contributed by atoms with Gasteiger partial charge in [0.2, 0.25) is 5.91 Å². The predicted molar refractivity (Wildman–Crippen MR) is 80.5 cm³/mol. The fourth-order valence-electron chi connectivity index (χ4n) is 3.47. The van der Waals surface area contributed by atoms with Gasteiger partial charge in [0.05, 0.1) is 5.56 Å². The van der Waals surface area contributed by atoms with Gasteiger partial charge in [-0.05, 0) is 42.5 Å².